The zero-order chi connectivity index (χ0) is 16.5. The maximum absolute atomic E-state index is 5.47. The monoisotopic (exact) mass is 421 g/mol. The molecule has 1 aromatic carbocycles. The van der Waals surface area contributed by atoms with E-state index >= 15 is 0 Å². The lowest BCUT2D eigenvalue weighted by molar-refractivity contribution is 0.411. The molecule has 0 bridgehead atoms. The van der Waals surface area contributed by atoms with Crippen molar-refractivity contribution in [2.24, 2.45) is 0 Å². The summed E-state index contributed by atoms with van der Waals surface area (Å²) in [6, 6.07) is 10.8. The number of methoxy groups -OCH3 is 1. The summed E-state index contributed by atoms with van der Waals surface area (Å²) in [5.74, 6) is 2.70. The van der Waals surface area contributed by atoms with Crippen molar-refractivity contribution in [3.63, 3.8) is 0 Å². The van der Waals surface area contributed by atoms with Gasteiger partial charge in [-0.15, -0.1) is 21.5 Å². The number of benzene rings is 1. The van der Waals surface area contributed by atoms with Crippen LogP contribution >= 0.6 is 39.0 Å². The Labute approximate surface area is 157 Å². The van der Waals surface area contributed by atoms with Gasteiger partial charge in [-0.2, -0.15) is 0 Å². The van der Waals surface area contributed by atoms with Crippen LogP contribution in [-0.4, -0.2) is 21.9 Å². The van der Waals surface area contributed by atoms with E-state index in [9.17, 15) is 0 Å². The smallest absolute Gasteiger partial charge is 0.192 e. The molecule has 1 aliphatic carbocycles. The molecule has 2 heterocycles. The average molecular weight is 422 g/mol. The summed E-state index contributed by atoms with van der Waals surface area (Å²) in [6.45, 7) is 0. The Morgan fingerprint density at radius 2 is 2.21 bits per heavy atom. The third-order valence-electron chi connectivity index (χ3n) is 3.92. The summed E-state index contributed by atoms with van der Waals surface area (Å²) in [5.41, 5.74) is 1.15. The lowest BCUT2D eigenvalue weighted by Crippen LogP contribution is -1.99. The second-order valence-electron chi connectivity index (χ2n) is 5.63. The van der Waals surface area contributed by atoms with Crippen molar-refractivity contribution >= 4 is 39.0 Å². The van der Waals surface area contributed by atoms with Gasteiger partial charge in [0, 0.05) is 21.8 Å². The second kappa shape index (κ2) is 6.90. The van der Waals surface area contributed by atoms with Crippen molar-refractivity contribution in [2.45, 2.75) is 29.8 Å². The second-order valence-corrected chi connectivity index (χ2v) is 8.44. The average Bonchev–Trinajstić information content (AvgIpc) is 3.11. The van der Waals surface area contributed by atoms with Gasteiger partial charge in [0.25, 0.3) is 0 Å². The van der Waals surface area contributed by atoms with Crippen molar-refractivity contribution in [2.75, 3.05) is 7.11 Å². The Morgan fingerprint density at radius 3 is 2.92 bits per heavy atom. The molecule has 1 saturated carbocycles. The molecule has 124 valence electrons. The molecule has 4 rings (SSSR count). The van der Waals surface area contributed by atoms with Crippen molar-refractivity contribution < 1.29 is 4.74 Å². The summed E-state index contributed by atoms with van der Waals surface area (Å²) < 4.78 is 8.83. The Kier molecular flexibility index (Phi) is 4.65. The number of thiophene rings is 1. The SMILES string of the molecule is COc1ccc(Br)cc1CSc1nnc(-c2cccs2)n1C1CC1. The van der Waals surface area contributed by atoms with Gasteiger partial charge in [-0.3, -0.25) is 4.57 Å². The fourth-order valence-electron chi connectivity index (χ4n) is 2.61. The number of halogens is 1. The molecule has 0 atom stereocenters. The van der Waals surface area contributed by atoms with E-state index in [1.54, 1.807) is 30.2 Å². The van der Waals surface area contributed by atoms with Gasteiger partial charge in [-0.1, -0.05) is 33.8 Å². The molecule has 0 saturated heterocycles. The highest BCUT2D eigenvalue weighted by Gasteiger charge is 2.30. The van der Waals surface area contributed by atoms with Gasteiger partial charge in [0.2, 0.25) is 0 Å². The molecule has 4 nitrogen and oxygen atoms in total. The van der Waals surface area contributed by atoms with E-state index in [1.807, 2.05) is 12.1 Å². The summed E-state index contributed by atoms with van der Waals surface area (Å²) in [5, 5.41) is 12.0. The molecule has 0 unspecified atom stereocenters. The molecule has 24 heavy (non-hydrogen) atoms. The van der Waals surface area contributed by atoms with Crippen LogP contribution in [0.25, 0.3) is 10.7 Å². The molecule has 0 radical (unpaired) electrons. The zero-order valence-electron chi connectivity index (χ0n) is 13.1. The maximum Gasteiger partial charge on any atom is 0.192 e. The Bertz CT molecular complexity index is 844. The van der Waals surface area contributed by atoms with Crippen molar-refractivity contribution in [3.05, 3.63) is 45.7 Å². The molecule has 0 amide bonds. The first-order chi connectivity index (χ1) is 11.8. The van der Waals surface area contributed by atoms with E-state index in [0.717, 1.165) is 32.5 Å². The zero-order valence-corrected chi connectivity index (χ0v) is 16.3. The lowest BCUT2D eigenvalue weighted by atomic mass is 10.2. The van der Waals surface area contributed by atoms with E-state index in [4.69, 9.17) is 4.74 Å². The molecule has 1 fully saturated rings. The van der Waals surface area contributed by atoms with E-state index in [-0.39, 0.29) is 0 Å². The molecule has 2 aromatic heterocycles. The molecule has 3 aromatic rings. The van der Waals surface area contributed by atoms with Crippen LogP contribution in [0.3, 0.4) is 0 Å². The Hall–Kier alpha value is -1.31. The van der Waals surface area contributed by atoms with Gasteiger partial charge >= 0.3 is 0 Å². The highest BCUT2D eigenvalue weighted by molar-refractivity contribution is 9.10. The quantitative estimate of drug-likeness (QED) is 0.499. The molecular weight excluding hydrogens is 406 g/mol. The van der Waals surface area contributed by atoms with Crippen molar-refractivity contribution in [3.8, 4) is 16.5 Å². The lowest BCUT2D eigenvalue weighted by Gasteiger charge is -2.10. The van der Waals surface area contributed by atoms with E-state index in [1.165, 1.54) is 17.7 Å². The Balaban J connectivity index is 1.61. The first-order valence-electron chi connectivity index (χ1n) is 7.70. The predicted molar refractivity (Wildman–Crippen MR) is 102 cm³/mol. The van der Waals surface area contributed by atoms with Gasteiger partial charge in [-0.05, 0) is 42.5 Å². The third-order valence-corrected chi connectivity index (χ3v) is 6.27. The van der Waals surface area contributed by atoms with E-state index < -0.39 is 0 Å². The van der Waals surface area contributed by atoms with Crippen LogP contribution in [0.1, 0.15) is 24.4 Å². The van der Waals surface area contributed by atoms with Crippen LogP contribution < -0.4 is 4.74 Å². The van der Waals surface area contributed by atoms with Crippen LogP contribution in [0.4, 0.5) is 0 Å². The minimum absolute atomic E-state index is 0.545. The Morgan fingerprint density at radius 1 is 1.33 bits per heavy atom. The van der Waals surface area contributed by atoms with Crippen LogP contribution in [0.15, 0.2) is 45.3 Å². The highest BCUT2D eigenvalue weighted by Crippen LogP contribution is 2.42. The summed E-state index contributed by atoms with van der Waals surface area (Å²) in [7, 11) is 1.71. The highest BCUT2D eigenvalue weighted by atomic mass is 79.9. The minimum atomic E-state index is 0.545. The van der Waals surface area contributed by atoms with Gasteiger partial charge in [0.1, 0.15) is 5.75 Å². The number of thioether (sulfide) groups is 1. The van der Waals surface area contributed by atoms with Gasteiger partial charge in [0.15, 0.2) is 11.0 Å². The van der Waals surface area contributed by atoms with E-state index in [2.05, 4.69) is 54.3 Å². The number of hydrogen-bond acceptors (Lipinski definition) is 5. The topological polar surface area (TPSA) is 39.9 Å². The van der Waals surface area contributed by atoms with Crippen LogP contribution in [0.2, 0.25) is 0 Å². The number of nitrogens with zero attached hydrogens (tertiary/aromatic N) is 3. The first-order valence-corrected chi connectivity index (χ1v) is 10.4. The van der Waals surface area contributed by atoms with Crippen LogP contribution in [0, 0.1) is 0 Å². The number of ether oxygens (including phenoxy) is 1. The fourth-order valence-corrected chi connectivity index (χ4v) is 4.71. The largest absolute Gasteiger partial charge is 0.496 e. The molecule has 7 heteroatoms. The fraction of sp³-hybridized carbons (Fsp3) is 0.294. The number of aromatic nitrogens is 3. The molecule has 0 aliphatic heterocycles. The summed E-state index contributed by atoms with van der Waals surface area (Å²) in [6.07, 6.45) is 2.42. The molecule has 1 aliphatic rings. The maximum atomic E-state index is 5.47. The number of rotatable bonds is 6. The third kappa shape index (κ3) is 3.25. The molecule has 0 spiro atoms. The van der Waals surface area contributed by atoms with Crippen molar-refractivity contribution in [1.29, 1.82) is 0 Å². The summed E-state index contributed by atoms with van der Waals surface area (Å²) in [4.78, 5) is 1.18. The summed E-state index contributed by atoms with van der Waals surface area (Å²) >= 11 is 6.96. The van der Waals surface area contributed by atoms with Gasteiger partial charge in [0.05, 0.1) is 12.0 Å². The first kappa shape index (κ1) is 16.2. The van der Waals surface area contributed by atoms with Gasteiger partial charge in [-0.25, -0.2) is 0 Å². The van der Waals surface area contributed by atoms with Crippen LogP contribution in [-0.2, 0) is 5.75 Å². The van der Waals surface area contributed by atoms with Gasteiger partial charge < -0.3 is 4.74 Å². The normalized spacial score (nSPS) is 14.1. The standard InChI is InChI=1S/C17H16BrN3OS2/c1-22-14-7-4-12(18)9-11(14)10-24-17-20-19-16(15-3-2-8-23-15)21(17)13-5-6-13/h2-4,7-9,13H,5-6,10H2,1H3. The van der Waals surface area contributed by atoms with E-state index in [0.29, 0.717) is 6.04 Å². The number of hydrogen-bond donors (Lipinski definition) is 0. The molecule has 0 N–H and O–H groups in total. The predicted octanol–water partition coefficient (Wildman–Crippen LogP) is 5.40. The van der Waals surface area contributed by atoms with Crippen LogP contribution in [0.5, 0.6) is 5.75 Å². The van der Waals surface area contributed by atoms with Crippen molar-refractivity contribution in [1.82, 2.24) is 14.8 Å². The molecular formula is C17H16BrN3OS2. The minimum Gasteiger partial charge on any atom is -0.496 e.